The molecule has 0 N–H and O–H groups in total. The Morgan fingerprint density at radius 1 is 0.792 bits per heavy atom. The van der Waals surface area contributed by atoms with Gasteiger partial charge in [-0.2, -0.15) is 0 Å². The van der Waals surface area contributed by atoms with Crippen LogP contribution in [0.1, 0.15) is 0 Å². The van der Waals surface area contributed by atoms with Crippen molar-refractivity contribution in [3.05, 3.63) is 59.0 Å². The quantitative estimate of drug-likeness (QED) is 0.528. The molecule has 2 aromatic carbocycles. The van der Waals surface area contributed by atoms with Gasteiger partial charge in [0.1, 0.15) is 34.0 Å². The first-order chi connectivity index (χ1) is 11.7. The van der Waals surface area contributed by atoms with Gasteiger partial charge < -0.3 is 18.3 Å². The minimum absolute atomic E-state index is 0.338. The summed E-state index contributed by atoms with van der Waals surface area (Å²) in [4.78, 5) is 12.4. The summed E-state index contributed by atoms with van der Waals surface area (Å²) in [6.07, 6.45) is 0. The molecule has 5 nitrogen and oxygen atoms in total. The molecule has 0 atom stereocenters. The van der Waals surface area contributed by atoms with Gasteiger partial charge in [-0.3, -0.25) is 0 Å². The molecule has 5 heteroatoms. The van der Waals surface area contributed by atoms with Crippen LogP contribution in [0.4, 0.5) is 0 Å². The zero-order valence-electron chi connectivity index (χ0n) is 13.2. The van der Waals surface area contributed by atoms with Gasteiger partial charge in [0, 0.05) is 0 Å². The van der Waals surface area contributed by atoms with Crippen LogP contribution in [0.25, 0.3) is 33.3 Å². The van der Waals surface area contributed by atoms with Crippen molar-refractivity contribution in [1.29, 1.82) is 0 Å². The third kappa shape index (κ3) is 2.13. The first-order valence-electron chi connectivity index (χ1n) is 7.39. The van der Waals surface area contributed by atoms with E-state index >= 15 is 0 Å². The van der Waals surface area contributed by atoms with Crippen molar-refractivity contribution in [3.8, 4) is 22.8 Å². The molecule has 0 aliphatic heterocycles. The molecular formula is C19H14O5. The lowest BCUT2D eigenvalue weighted by atomic mass is 10.1. The predicted octanol–water partition coefficient (Wildman–Crippen LogP) is 4.22. The summed E-state index contributed by atoms with van der Waals surface area (Å²) in [5.41, 5.74) is 0.986. The summed E-state index contributed by atoms with van der Waals surface area (Å²) in [5.74, 6) is 1.74. The van der Waals surface area contributed by atoms with E-state index in [2.05, 4.69) is 0 Å². The van der Waals surface area contributed by atoms with Gasteiger partial charge in [0.25, 0.3) is 0 Å². The Balaban J connectivity index is 1.99. The maximum absolute atomic E-state index is 12.4. The van der Waals surface area contributed by atoms with E-state index in [4.69, 9.17) is 18.3 Å². The lowest BCUT2D eigenvalue weighted by Crippen LogP contribution is -2.02. The fourth-order valence-electron chi connectivity index (χ4n) is 2.81. The van der Waals surface area contributed by atoms with Crippen molar-refractivity contribution < 1.29 is 18.3 Å². The molecule has 0 amide bonds. The normalized spacial score (nSPS) is 11.1. The number of methoxy groups -OCH3 is 2. The van der Waals surface area contributed by atoms with Crippen molar-refractivity contribution in [2.45, 2.75) is 0 Å². The minimum atomic E-state index is -0.464. The third-order valence-electron chi connectivity index (χ3n) is 3.96. The Bertz CT molecular complexity index is 1100. The average molecular weight is 322 g/mol. The van der Waals surface area contributed by atoms with Crippen LogP contribution in [0, 0.1) is 0 Å². The third-order valence-corrected chi connectivity index (χ3v) is 3.96. The lowest BCUT2D eigenvalue weighted by Gasteiger charge is -2.05. The summed E-state index contributed by atoms with van der Waals surface area (Å²) < 4.78 is 21.9. The van der Waals surface area contributed by atoms with Crippen LogP contribution >= 0.6 is 0 Å². The van der Waals surface area contributed by atoms with Crippen LogP contribution in [0.2, 0.25) is 0 Å². The lowest BCUT2D eigenvalue weighted by molar-refractivity contribution is 0.418. The first kappa shape index (κ1) is 14.4. The second kappa shape index (κ2) is 5.45. The summed E-state index contributed by atoms with van der Waals surface area (Å²) in [7, 11) is 3.17. The maximum Gasteiger partial charge on any atom is 0.347 e. The van der Waals surface area contributed by atoms with Gasteiger partial charge in [0.05, 0.1) is 25.0 Å². The zero-order chi connectivity index (χ0) is 16.7. The highest BCUT2D eigenvalue weighted by Crippen LogP contribution is 2.34. The number of fused-ring (bicyclic) bond motifs is 2. The standard InChI is InChI=1S/C19H14O5/c1-21-14-5-4-8-17-11(14)9-13(19(20)24-17)18-10-12-15(22-2)6-3-7-16(12)23-18/h3-10H,1-2H3. The van der Waals surface area contributed by atoms with Crippen LogP contribution in [-0.4, -0.2) is 14.2 Å². The highest BCUT2D eigenvalue weighted by atomic mass is 16.5. The minimum Gasteiger partial charge on any atom is -0.496 e. The molecular weight excluding hydrogens is 308 g/mol. The van der Waals surface area contributed by atoms with E-state index < -0.39 is 5.63 Å². The van der Waals surface area contributed by atoms with Crippen LogP contribution < -0.4 is 15.1 Å². The first-order valence-corrected chi connectivity index (χ1v) is 7.39. The monoisotopic (exact) mass is 322 g/mol. The van der Waals surface area contributed by atoms with Gasteiger partial charge in [-0.05, 0) is 36.4 Å². The van der Waals surface area contributed by atoms with E-state index in [1.807, 2.05) is 24.3 Å². The summed E-state index contributed by atoms with van der Waals surface area (Å²) >= 11 is 0. The van der Waals surface area contributed by atoms with Gasteiger partial charge in [-0.1, -0.05) is 12.1 Å². The molecule has 0 saturated heterocycles. The average Bonchev–Trinajstić information content (AvgIpc) is 3.04. The smallest absolute Gasteiger partial charge is 0.347 e. The largest absolute Gasteiger partial charge is 0.496 e. The van der Waals surface area contributed by atoms with E-state index in [1.165, 1.54) is 0 Å². The van der Waals surface area contributed by atoms with Crippen LogP contribution in [0.3, 0.4) is 0 Å². The Hall–Kier alpha value is -3.21. The number of hydrogen-bond donors (Lipinski definition) is 0. The molecule has 2 aromatic heterocycles. The maximum atomic E-state index is 12.4. The number of ether oxygens (including phenoxy) is 2. The molecule has 4 aromatic rings. The van der Waals surface area contributed by atoms with Gasteiger partial charge in [-0.15, -0.1) is 0 Å². The number of benzene rings is 2. The fraction of sp³-hybridized carbons (Fsp3) is 0.105. The second-order valence-corrected chi connectivity index (χ2v) is 5.30. The molecule has 2 heterocycles. The summed E-state index contributed by atoms with van der Waals surface area (Å²) in [6, 6.07) is 14.3. The molecule has 0 unspecified atom stereocenters. The van der Waals surface area contributed by atoms with Crippen LogP contribution in [0.5, 0.6) is 11.5 Å². The summed E-state index contributed by atoms with van der Waals surface area (Å²) in [5, 5.41) is 1.51. The topological polar surface area (TPSA) is 61.8 Å². The van der Waals surface area contributed by atoms with E-state index in [-0.39, 0.29) is 0 Å². The fourth-order valence-corrected chi connectivity index (χ4v) is 2.81. The highest BCUT2D eigenvalue weighted by molar-refractivity contribution is 5.91. The van der Waals surface area contributed by atoms with Crippen molar-refractivity contribution in [2.24, 2.45) is 0 Å². The van der Waals surface area contributed by atoms with E-state index in [9.17, 15) is 4.79 Å². The SMILES string of the molecule is COc1cccc2oc(-c3cc4c(OC)cccc4oc3=O)cc12. The number of rotatable bonds is 3. The zero-order valence-corrected chi connectivity index (χ0v) is 13.2. The Kier molecular flexibility index (Phi) is 3.27. The number of hydrogen-bond acceptors (Lipinski definition) is 5. The molecule has 24 heavy (non-hydrogen) atoms. The molecule has 0 fully saturated rings. The van der Waals surface area contributed by atoms with Crippen molar-refractivity contribution >= 4 is 21.9 Å². The van der Waals surface area contributed by atoms with Gasteiger partial charge >= 0.3 is 5.63 Å². The van der Waals surface area contributed by atoms with Gasteiger partial charge in [0.2, 0.25) is 0 Å². The van der Waals surface area contributed by atoms with Gasteiger partial charge in [0.15, 0.2) is 0 Å². The molecule has 0 bridgehead atoms. The summed E-state index contributed by atoms with van der Waals surface area (Å²) in [6.45, 7) is 0. The molecule has 0 spiro atoms. The van der Waals surface area contributed by atoms with E-state index in [1.54, 1.807) is 38.5 Å². The van der Waals surface area contributed by atoms with Crippen LogP contribution in [-0.2, 0) is 0 Å². The molecule has 0 saturated carbocycles. The van der Waals surface area contributed by atoms with E-state index in [0.29, 0.717) is 39.4 Å². The molecule has 0 radical (unpaired) electrons. The predicted molar refractivity (Wildman–Crippen MR) is 90.8 cm³/mol. The highest BCUT2D eigenvalue weighted by Gasteiger charge is 2.16. The molecule has 0 aliphatic carbocycles. The van der Waals surface area contributed by atoms with Crippen LogP contribution in [0.15, 0.2) is 62.2 Å². The molecule has 4 rings (SSSR count). The van der Waals surface area contributed by atoms with E-state index in [0.717, 1.165) is 5.39 Å². The second-order valence-electron chi connectivity index (χ2n) is 5.30. The van der Waals surface area contributed by atoms with Crippen molar-refractivity contribution in [1.82, 2.24) is 0 Å². The van der Waals surface area contributed by atoms with Crippen molar-refractivity contribution in [3.63, 3.8) is 0 Å². The molecule has 120 valence electrons. The Morgan fingerprint density at radius 3 is 2.00 bits per heavy atom. The van der Waals surface area contributed by atoms with Crippen molar-refractivity contribution in [2.75, 3.05) is 14.2 Å². The Morgan fingerprint density at radius 2 is 1.38 bits per heavy atom. The van der Waals surface area contributed by atoms with Gasteiger partial charge in [-0.25, -0.2) is 4.79 Å². The Labute approximate surface area is 137 Å². The molecule has 0 aliphatic rings. The number of furan rings is 1.